The summed E-state index contributed by atoms with van der Waals surface area (Å²) in [7, 11) is 0.0309. The van der Waals surface area contributed by atoms with Crippen molar-refractivity contribution in [2.45, 2.75) is 11.4 Å². The van der Waals surface area contributed by atoms with E-state index in [2.05, 4.69) is 0 Å². The predicted octanol–water partition coefficient (Wildman–Crippen LogP) is 4.31. The van der Waals surface area contributed by atoms with E-state index in [4.69, 9.17) is 15.1 Å². The zero-order valence-corrected chi connectivity index (χ0v) is 21.5. The lowest BCUT2D eigenvalue weighted by atomic mass is 10.1. The van der Waals surface area contributed by atoms with Gasteiger partial charge in [0.2, 0.25) is 0 Å². The molecule has 0 unspecified atom stereocenters. The molecule has 0 atom stereocenters. The van der Waals surface area contributed by atoms with Crippen molar-refractivity contribution in [3.8, 4) is 22.8 Å². The second kappa shape index (κ2) is 9.59. The third-order valence-electron chi connectivity index (χ3n) is 5.96. The number of fused-ring (bicyclic) bond motifs is 1. The second-order valence-electron chi connectivity index (χ2n) is 8.99. The number of sulfone groups is 1. The number of hydrogen-bond acceptors (Lipinski definition) is 6. The van der Waals surface area contributed by atoms with Gasteiger partial charge in [0.05, 0.1) is 22.7 Å². The number of aromatic nitrogens is 4. The first-order valence-electron chi connectivity index (χ1n) is 11.6. The molecule has 5 rings (SSSR count). The molecular formula is C28H25N5O3S. The third-order valence-corrected chi connectivity index (χ3v) is 7.07. The van der Waals surface area contributed by atoms with E-state index in [9.17, 15) is 13.2 Å². The molecule has 0 aliphatic heterocycles. The second-order valence-corrected chi connectivity index (χ2v) is 11.0. The summed E-state index contributed by atoms with van der Waals surface area (Å²) in [4.78, 5) is 23.6. The summed E-state index contributed by atoms with van der Waals surface area (Å²) < 4.78 is 26.0. The van der Waals surface area contributed by atoms with Crippen molar-refractivity contribution in [3.05, 3.63) is 96.2 Å². The standard InChI is InChI=1S/C28H25N5O3S/c1-32(2)28(34)21-13-11-20(12-14-21)27-30-26(22-8-6-9-24(17-22)37(3,35)36)31-33(27)18-23-16-15-19-7-4-5-10-25(19)29-23/h4-17H,18H2,1-3H3. The van der Waals surface area contributed by atoms with Crippen LogP contribution in [0.5, 0.6) is 0 Å². The lowest BCUT2D eigenvalue weighted by molar-refractivity contribution is 0.0827. The fourth-order valence-electron chi connectivity index (χ4n) is 4.02. The molecule has 0 radical (unpaired) electrons. The zero-order valence-electron chi connectivity index (χ0n) is 20.7. The van der Waals surface area contributed by atoms with E-state index in [1.165, 1.54) is 11.2 Å². The Bertz CT molecular complexity index is 1720. The summed E-state index contributed by atoms with van der Waals surface area (Å²) in [6.07, 6.45) is 1.17. The molecule has 0 saturated heterocycles. The van der Waals surface area contributed by atoms with Gasteiger partial charge in [0.1, 0.15) is 0 Å². The molecule has 186 valence electrons. The number of carbonyl (C=O) groups is 1. The van der Waals surface area contributed by atoms with Crippen molar-refractivity contribution in [1.82, 2.24) is 24.6 Å². The van der Waals surface area contributed by atoms with Crippen LogP contribution in [0.3, 0.4) is 0 Å². The van der Waals surface area contributed by atoms with Gasteiger partial charge in [0.15, 0.2) is 21.5 Å². The normalized spacial score (nSPS) is 11.5. The molecule has 2 heterocycles. The summed E-state index contributed by atoms with van der Waals surface area (Å²) in [5, 5.41) is 5.78. The van der Waals surface area contributed by atoms with E-state index < -0.39 is 9.84 Å². The Morgan fingerprint density at radius 1 is 0.865 bits per heavy atom. The van der Waals surface area contributed by atoms with E-state index >= 15 is 0 Å². The van der Waals surface area contributed by atoms with Crippen LogP contribution in [0.15, 0.2) is 89.8 Å². The molecule has 3 aromatic carbocycles. The number of benzene rings is 3. The summed E-state index contributed by atoms with van der Waals surface area (Å²) in [5.41, 5.74) is 3.62. The Labute approximate surface area is 215 Å². The third kappa shape index (κ3) is 5.12. The van der Waals surface area contributed by atoms with Gasteiger partial charge >= 0.3 is 0 Å². The van der Waals surface area contributed by atoms with Gasteiger partial charge in [-0.25, -0.2) is 18.1 Å². The fourth-order valence-corrected chi connectivity index (χ4v) is 4.69. The highest BCUT2D eigenvalue weighted by Crippen LogP contribution is 2.26. The maximum Gasteiger partial charge on any atom is 0.253 e. The highest BCUT2D eigenvalue weighted by Gasteiger charge is 2.17. The average Bonchev–Trinajstić information content (AvgIpc) is 3.31. The molecule has 1 amide bonds. The highest BCUT2D eigenvalue weighted by atomic mass is 32.2. The number of nitrogens with zero attached hydrogens (tertiary/aromatic N) is 5. The number of carbonyl (C=O) groups excluding carboxylic acids is 1. The van der Waals surface area contributed by atoms with Gasteiger partial charge in [-0.15, -0.1) is 0 Å². The Morgan fingerprint density at radius 2 is 1.62 bits per heavy atom. The largest absolute Gasteiger partial charge is 0.345 e. The van der Waals surface area contributed by atoms with Gasteiger partial charge in [0.25, 0.3) is 5.91 Å². The van der Waals surface area contributed by atoms with Crippen molar-refractivity contribution >= 4 is 26.6 Å². The molecule has 37 heavy (non-hydrogen) atoms. The van der Waals surface area contributed by atoms with E-state index in [1.807, 2.05) is 48.5 Å². The first-order valence-corrected chi connectivity index (χ1v) is 13.5. The molecule has 0 aliphatic carbocycles. The van der Waals surface area contributed by atoms with Gasteiger partial charge in [0, 0.05) is 42.4 Å². The molecular weight excluding hydrogens is 486 g/mol. The van der Waals surface area contributed by atoms with E-state index in [0.717, 1.165) is 22.2 Å². The number of amides is 1. The molecule has 9 heteroatoms. The monoisotopic (exact) mass is 511 g/mol. The maximum atomic E-state index is 12.3. The van der Waals surface area contributed by atoms with Crippen LogP contribution in [0.25, 0.3) is 33.7 Å². The smallest absolute Gasteiger partial charge is 0.253 e. The first kappa shape index (κ1) is 24.3. The van der Waals surface area contributed by atoms with Crippen molar-refractivity contribution in [2.24, 2.45) is 0 Å². The van der Waals surface area contributed by atoms with Gasteiger partial charge in [-0.2, -0.15) is 5.10 Å². The number of para-hydroxylation sites is 1. The van der Waals surface area contributed by atoms with Crippen molar-refractivity contribution < 1.29 is 13.2 Å². The Morgan fingerprint density at radius 3 is 2.35 bits per heavy atom. The van der Waals surface area contributed by atoms with Crippen molar-refractivity contribution in [3.63, 3.8) is 0 Å². The molecule has 2 aromatic heterocycles. The van der Waals surface area contributed by atoms with Crippen LogP contribution in [-0.4, -0.2) is 59.3 Å². The molecule has 0 spiro atoms. The SMILES string of the molecule is CN(C)C(=O)c1ccc(-c2nc(-c3cccc(S(C)(=O)=O)c3)nn2Cc2ccc3ccccc3n2)cc1. The summed E-state index contributed by atoms with van der Waals surface area (Å²) in [6, 6.07) is 25.6. The van der Waals surface area contributed by atoms with Gasteiger partial charge in [-0.1, -0.05) is 48.5 Å². The van der Waals surface area contributed by atoms with E-state index in [-0.39, 0.29) is 10.8 Å². The van der Waals surface area contributed by atoms with Crippen LogP contribution in [0.1, 0.15) is 16.1 Å². The fraction of sp³-hybridized carbons (Fsp3) is 0.143. The van der Waals surface area contributed by atoms with Crippen LogP contribution in [-0.2, 0) is 16.4 Å². The van der Waals surface area contributed by atoms with E-state index in [0.29, 0.717) is 29.3 Å². The van der Waals surface area contributed by atoms with Crippen molar-refractivity contribution in [1.29, 1.82) is 0 Å². The molecule has 8 nitrogen and oxygen atoms in total. The first-order chi connectivity index (χ1) is 17.7. The predicted molar refractivity (Wildman–Crippen MR) is 143 cm³/mol. The van der Waals surface area contributed by atoms with Crippen LogP contribution in [0, 0.1) is 0 Å². The molecule has 0 bridgehead atoms. The maximum absolute atomic E-state index is 12.3. The van der Waals surface area contributed by atoms with Crippen LogP contribution in [0.4, 0.5) is 0 Å². The van der Waals surface area contributed by atoms with Gasteiger partial charge < -0.3 is 4.90 Å². The summed E-state index contributed by atoms with van der Waals surface area (Å²) in [6.45, 7) is 0.358. The topological polar surface area (TPSA) is 98.0 Å². The minimum absolute atomic E-state index is 0.0911. The van der Waals surface area contributed by atoms with Gasteiger partial charge in [-0.3, -0.25) is 9.78 Å². The van der Waals surface area contributed by atoms with Crippen molar-refractivity contribution in [2.75, 3.05) is 20.4 Å². The quantitative estimate of drug-likeness (QED) is 0.337. The van der Waals surface area contributed by atoms with Crippen LogP contribution < -0.4 is 0 Å². The average molecular weight is 512 g/mol. The zero-order chi connectivity index (χ0) is 26.2. The minimum Gasteiger partial charge on any atom is -0.345 e. The van der Waals surface area contributed by atoms with E-state index in [1.54, 1.807) is 55.2 Å². The number of hydrogen-bond donors (Lipinski definition) is 0. The van der Waals surface area contributed by atoms with Gasteiger partial charge in [-0.05, 0) is 36.4 Å². The molecule has 0 fully saturated rings. The lowest BCUT2D eigenvalue weighted by Crippen LogP contribution is -2.21. The molecule has 0 saturated carbocycles. The molecule has 0 N–H and O–H groups in total. The Hall–Kier alpha value is -4.37. The Kier molecular flexibility index (Phi) is 6.31. The molecule has 0 aliphatic rings. The lowest BCUT2D eigenvalue weighted by Gasteiger charge is -2.11. The highest BCUT2D eigenvalue weighted by molar-refractivity contribution is 7.90. The van der Waals surface area contributed by atoms with Crippen LogP contribution >= 0.6 is 0 Å². The summed E-state index contributed by atoms with van der Waals surface area (Å²) in [5.74, 6) is 0.889. The summed E-state index contributed by atoms with van der Waals surface area (Å²) >= 11 is 0. The van der Waals surface area contributed by atoms with Crippen LogP contribution in [0.2, 0.25) is 0 Å². The number of rotatable bonds is 6. The minimum atomic E-state index is -3.39. The Balaban J connectivity index is 1.59. The molecule has 5 aromatic rings. The number of pyridine rings is 1.